The van der Waals surface area contributed by atoms with Gasteiger partial charge in [-0.2, -0.15) is 0 Å². The van der Waals surface area contributed by atoms with Gasteiger partial charge in [0.1, 0.15) is 12.6 Å². The van der Waals surface area contributed by atoms with Crippen LogP contribution in [0.1, 0.15) is 37.8 Å². The second kappa shape index (κ2) is 12.0. The predicted molar refractivity (Wildman–Crippen MR) is 133 cm³/mol. The molecule has 2 aromatic carbocycles. The number of nitrogens with one attached hydrogen (secondary N) is 1. The van der Waals surface area contributed by atoms with E-state index in [1.807, 2.05) is 45.0 Å². The largest absolute Gasteiger partial charge is 0.354 e. The molecule has 0 aliphatic rings. The number of rotatable bonds is 11. The average Bonchev–Trinajstić information content (AvgIpc) is 2.74. The van der Waals surface area contributed by atoms with E-state index in [0.29, 0.717) is 18.0 Å². The molecule has 0 bridgehead atoms. The quantitative estimate of drug-likeness (QED) is 0.516. The molecule has 0 saturated carbocycles. The molecule has 2 amide bonds. The predicted octanol–water partition coefficient (Wildman–Crippen LogP) is 3.75. The van der Waals surface area contributed by atoms with Crippen molar-refractivity contribution in [1.29, 1.82) is 0 Å². The molecule has 2 aromatic rings. The fourth-order valence-electron chi connectivity index (χ4n) is 3.54. The number of sulfonamides is 1. The Kier molecular flexibility index (Phi) is 9.73. The van der Waals surface area contributed by atoms with E-state index in [1.165, 1.54) is 11.0 Å². The molecule has 33 heavy (non-hydrogen) atoms. The van der Waals surface area contributed by atoms with Crippen LogP contribution in [0.2, 0.25) is 5.02 Å². The van der Waals surface area contributed by atoms with Gasteiger partial charge in [0.25, 0.3) is 0 Å². The Morgan fingerprint density at radius 3 is 2.36 bits per heavy atom. The number of carbonyl (C=O) groups excluding carboxylic acids is 2. The number of halogens is 1. The third-order valence-electron chi connectivity index (χ3n) is 5.15. The van der Waals surface area contributed by atoms with E-state index in [0.717, 1.165) is 28.1 Å². The molecule has 0 aromatic heterocycles. The fraction of sp³-hybridized carbons (Fsp3) is 0.417. The van der Waals surface area contributed by atoms with Crippen LogP contribution in [0.5, 0.6) is 0 Å². The van der Waals surface area contributed by atoms with E-state index in [4.69, 9.17) is 11.6 Å². The second-order valence-corrected chi connectivity index (χ2v) is 10.3. The molecule has 0 saturated heterocycles. The summed E-state index contributed by atoms with van der Waals surface area (Å²) in [5, 5.41) is 3.21. The zero-order valence-corrected chi connectivity index (χ0v) is 21.1. The highest BCUT2D eigenvalue weighted by atomic mass is 35.5. The van der Waals surface area contributed by atoms with Crippen LogP contribution >= 0.6 is 11.6 Å². The number of amides is 2. The molecule has 1 N–H and O–H groups in total. The van der Waals surface area contributed by atoms with E-state index in [-0.39, 0.29) is 18.1 Å². The maximum Gasteiger partial charge on any atom is 0.244 e. The number of hydrogen-bond acceptors (Lipinski definition) is 4. The monoisotopic (exact) mass is 493 g/mol. The van der Waals surface area contributed by atoms with Crippen LogP contribution in [0.3, 0.4) is 0 Å². The summed E-state index contributed by atoms with van der Waals surface area (Å²) in [6, 6.07) is 13.3. The third-order valence-corrected chi connectivity index (χ3v) is 6.52. The molecule has 180 valence electrons. The Morgan fingerprint density at radius 2 is 1.79 bits per heavy atom. The molecule has 1 atom stereocenters. The molecule has 0 spiro atoms. The number of nitrogens with zero attached hydrogens (tertiary/aromatic N) is 2. The molecule has 9 heteroatoms. The summed E-state index contributed by atoms with van der Waals surface area (Å²) in [5.41, 5.74) is 2.18. The summed E-state index contributed by atoms with van der Waals surface area (Å²) in [4.78, 5) is 27.9. The van der Waals surface area contributed by atoms with E-state index in [9.17, 15) is 18.0 Å². The van der Waals surface area contributed by atoms with E-state index >= 15 is 0 Å². The minimum Gasteiger partial charge on any atom is -0.354 e. The lowest BCUT2D eigenvalue weighted by Gasteiger charge is -2.33. The van der Waals surface area contributed by atoms with Crippen molar-refractivity contribution in [3.8, 4) is 0 Å². The van der Waals surface area contributed by atoms with Crippen molar-refractivity contribution >= 4 is 39.1 Å². The van der Waals surface area contributed by atoms with Gasteiger partial charge >= 0.3 is 0 Å². The maximum absolute atomic E-state index is 13.5. The Morgan fingerprint density at radius 1 is 1.09 bits per heavy atom. The van der Waals surface area contributed by atoms with Crippen molar-refractivity contribution in [2.45, 2.75) is 46.2 Å². The molecule has 0 radical (unpaired) electrons. The van der Waals surface area contributed by atoms with Crippen LogP contribution in [0.25, 0.3) is 0 Å². The van der Waals surface area contributed by atoms with Gasteiger partial charge in [0, 0.05) is 18.1 Å². The van der Waals surface area contributed by atoms with Crippen molar-refractivity contribution < 1.29 is 18.0 Å². The normalized spacial score (nSPS) is 12.2. The highest BCUT2D eigenvalue weighted by Gasteiger charge is 2.31. The minimum atomic E-state index is -3.78. The van der Waals surface area contributed by atoms with Gasteiger partial charge in [0.2, 0.25) is 21.8 Å². The lowest BCUT2D eigenvalue weighted by Crippen LogP contribution is -2.52. The smallest absolute Gasteiger partial charge is 0.244 e. The van der Waals surface area contributed by atoms with Crippen molar-refractivity contribution in [3.63, 3.8) is 0 Å². The Bertz CT molecular complexity index is 1070. The molecule has 0 unspecified atom stereocenters. The fourth-order valence-corrected chi connectivity index (χ4v) is 4.56. The molecular formula is C24H32ClN3O4S. The maximum atomic E-state index is 13.5. The standard InChI is InChI=1S/C24H32ClN3O4S/c1-5-13-26-24(30)22(6-2)27(16-19-10-7-9-18(3)14-19)23(29)17-28(33(4,31)32)21-12-8-11-20(25)15-21/h7-12,14-15,22H,5-6,13,16-17H2,1-4H3,(H,26,30)/t22-/m1/s1. The van der Waals surface area contributed by atoms with Crippen LogP contribution in [-0.2, 0) is 26.2 Å². The Hall–Kier alpha value is -2.58. The van der Waals surface area contributed by atoms with Crippen molar-refractivity contribution in [3.05, 3.63) is 64.7 Å². The Balaban J connectivity index is 2.42. The van der Waals surface area contributed by atoms with Crippen LogP contribution in [0.4, 0.5) is 5.69 Å². The minimum absolute atomic E-state index is 0.186. The van der Waals surface area contributed by atoms with Gasteiger partial charge in [0.15, 0.2) is 0 Å². The molecule has 0 aliphatic heterocycles. The summed E-state index contributed by atoms with van der Waals surface area (Å²) in [5.74, 6) is -0.727. The zero-order valence-electron chi connectivity index (χ0n) is 19.5. The lowest BCUT2D eigenvalue weighted by atomic mass is 10.1. The van der Waals surface area contributed by atoms with Crippen molar-refractivity contribution in [1.82, 2.24) is 10.2 Å². The highest BCUT2D eigenvalue weighted by molar-refractivity contribution is 7.92. The summed E-state index contributed by atoms with van der Waals surface area (Å²) < 4.78 is 26.1. The number of carbonyl (C=O) groups is 2. The number of benzene rings is 2. The topological polar surface area (TPSA) is 86.8 Å². The molecular weight excluding hydrogens is 462 g/mol. The summed E-state index contributed by atoms with van der Waals surface area (Å²) >= 11 is 6.05. The lowest BCUT2D eigenvalue weighted by molar-refractivity contribution is -0.140. The SMILES string of the molecule is CCCNC(=O)[C@@H](CC)N(Cc1cccc(C)c1)C(=O)CN(c1cccc(Cl)c1)S(C)(=O)=O. The molecule has 2 rings (SSSR count). The van der Waals surface area contributed by atoms with E-state index in [2.05, 4.69) is 5.32 Å². The van der Waals surface area contributed by atoms with Crippen LogP contribution < -0.4 is 9.62 Å². The first-order chi connectivity index (χ1) is 15.6. The summed E-state index contributed by atoms with van der Waals surface area (Å²) in [6.45, 7) is 5.98. The van der Waals surface area contributed by atoms with Gasteiger partial charge in [-0.3, -0.25) is 13.9 Å². The number of hydrogen-bond donors (Lipinski definition) is 1. The second-order valence-electron chi connectivity index (χ2n) is 7.98. The van der Waals surface area contributed by atoms with E-state index in [1.54, 1.807) is 18.2 Å². The average molecular weight is 494 g/mol. The molecule has 7 nitrogen and oxygen atoms in total. The highest BCUT2D eigenvalue weighted by Crippen LogP contribution is 2.23. The molecule has 0 heterocycles. The first-order valence-electron chi connectivity index (χ1n) is 10.9. The summed E-state index contributed by atoms with van der Waals surface area (Å²) in [7, 11) is -3.78. The van der Waals surface area contributed by atoms with Crippen LogP contribution in [-0.4, -0.2) is 50.5 Å². The van der Waals surface area contributed by atoms with Crippen molar-refractivity contribution in [2.24, 2.45) is 0 Å². The van der Waals surface area contributed by atoms with Crippen molar-refractivity contribution in [2.75, 3.05) is 23.7 Å². The van der Waals surface area contributed by atoms with Gasteiger partial charge < -0.3 is 10.2 Å². The first kappa shape index (κ1) is 26.7. The molecule has 0 aliphatic carbocycles. The van der Waals surface area contributed by atoms with Gasteiger partial charge in [-0.05, 0) is 43.5 Å². The zero-order chi connectivity index (χ0) is 24.6. The van der Waals surface area contributed by atoms with E-state index < -0.39 is 28.5 Å². The van der Waals surface area contributed by atoms with Gasteiger partial charge in [-0.15, -0.1) is 0 Å². The van der Waals surface area contributed by atoms with Gasteiger partial charge in [-0.25, -0.2) is 8.42 Å². The first-order valence-corrected chi connectivity index (χ1v) is 13.2. The van der Waals surface area contributed by atoms with Gasteiger partial charge in [-0.1, -0.05) is 61.3 Å². The third kappa shape index (κ3) is 7.75. The Labute approximate surface area is 201 Å². The van der Waals surface area contributed by atoms with Gasteiger partial charge in [0.05, 0.1) is 11.9 Å². The summed E-state index contributed by atoms with van der Waals surface area (Å²) in [6.07, 6.45) is 2.20. The number of anilines is 1. The van der Waals surface area contributed by atoms with Crippen LogP contribution in [0, 0.1) is 6.92 Å². The van der Waals surface area contributed by atoms with Crippen LogP contribution in [0.15, 0.2) is 48.5 Å². The molecule has 0 fully saturated rings. The number of aryl methyl sites for hydroxylation is 1.